The minimum absolute atomic E-state index is 0.0445. The van der Waals surface area contributed by atoms with E-state index in [2.05, 4.69) is 0 Å². The molecule has 30 heavy (non-hydrogen) atoms. The van der Waals surface area contributed by atoms with Crippen LogP contribution in [0.1, 0.15) is 29.5 Å². The number of esters is 1. The van der Waals surface area contributed by atoms with Crippen LogP contribution in [-0.4, -0.2) is 31.8 Å². The number of carbonyl (C=O) groups is 1. The van der Waals surface area contributed by atoms with Crippen molar-refractivity contribution in [2.45, 2.75) is 37.4 Å². The summed E-state index contributed by atoms with van der Waals surface area (Å²) in [6.07, 6.45) is -4.12. The molecule has 0 bridgehead atoms. The van der Waals surface area contributed by atoms with Crippen LogP contribution in [0.4, 0.5) is 13.2 Å². The van der Waals surface area contributed by atoms with Crippen molar-refractivity contribution in [2.24, 2.45) is 5.92 Å². The Hall–Kier alpha value is -2.39. The topological polar surface area (TPSA) is 63.7 Å². The summed E-state index contributed by atoms with van der Waals surface area (Å²) in [5.41, 5.74) is 0.941. The van der Waals surface area contributed by atoms with Gasteiger partial charge in [-0.2, -0.15) is 17.5 Å². The lowest BCUT2D eigenvalue weighted by Crippen LogP contribution is -2.40. The number of alkyl halides is 3. The molecule has 0 atom stereocenters. The zero-order chi connectivity index (χ0) is 21.9. The van der Waals surface area contributed by atoms with Gasteiger partial charge in [0, 0.05) is 13.1 Å². The van der Waals surface area contributed by atoms with E-state index in [1.54, 1.807) is 0 Å². The van der Waals surface area contributed by atoms with Gasteiger partial charge in [-0.1, -0.05) is 35.9 Å². The van der Waals surface area contributed by atoms with E-state index in [1.165, 1.54) is 0 Å². The van der Waals surface area contributed by atoms with Crippen molar-refractivity contribution < 1.29 is 31.1 Å². The maximum atomic E-state index is 12.9. The predicted molar refractivity (Wildman–Crippen MR) is 104 cm³/mol. The molecule has 0 N–H and O–H groups in total. The van der Waals surface area contributed by atoms with Crippen LogP contribution >= 0.6 is 0 Å². The monoisotopic (exact) mass is 441 g/mol. The van der Waals surface area contributed by atoms with Crippen LogP contribution in [0.3, 0.4) is 0 Å². The Bertz CT molecular complexity index is 996. The van der Waals surface area contributed by atoms with Gasteiger partial charge in [0.2, 0.25) is 10.0 Å². The first kappa shape index (κ1) is 22.3. The number of carbonyl (C=O) groups excluding carboxylic acids is 1. The molecule has 162 valence electrons. The molecule has 0 aromatic heterocycles. The molecule has 0 unspecified atom stereocenters. The minimum atomic E-state index is -4.63. The third-order valence-electron chi connectivity index (χ3n) is 5.09. The zero-order valence-corrected chi connectivity index (χ0v) is 17.2. The van der Waals surface area contributed by atoms with Crippen molar-refractivity contribution >= 4 is 16.0 Å². The van der Waals surface area contributed by atoms with E-state index in [0.29, 0.717) is 6.07 Å². The van der Waals surface area contributed by atoms with Crippen LogP contribution in [-0.2, 0) is 32.3 Å². The Morgan fingerprint density at radius 3 is 2.33 bits per heavy atom. The Labute approximate surface area is 173 Å². The average Bonchev–Trinajstić information content (AvgIpc) is 2.72. The summed E-state index contributed by atoms with van der Waals surface area (Å²) >= 11 is 0. The van der Waals surface area contributed by atoms with Crippen LogP contribution in [0.2, 0.25) is 0 Å². The molecule has 3 rings (SSSR count). The summed E-state index contributed by atoms with van der Waals surface area (Å²) < 4.78 is 70.6. The Morgan fingerprint density at radius 2 is 1.73 bits per heavy atom. The van der Waals surface area contributed by atoms with Crippen molar-refractivity contribution in [2.75, 3.05) is 13.1 Å². The summed E-state index contributed by atoms with van der Waals surface area (Å²) in [5.74, 6) is -0.838. The van der Waals surface area contributed by atoms with E-state index in [-0.39, 0.29) is 32.5 Å². The van der Waals surface area contributed by atoms with Gasteiger partial charge < -0.3 is 4.74 Å². The van der Waals surface area contributed by atoms with E-state index >= 15 is 0 Å². The normalized spacial score (nSPS) is 16.4. The fourth-order valence-corrected chi connectivity index (χ4v) is 4.79. The number of aryl methyl sites for hydroxylation is 1. The summed E-state index contributed by atoms with van der Waals surface area (Å²) in [6.45, 7) is 2.19. The van der Waals surface area contributed by atoms with Gasteiger partial charge in [-0.05, 0) is 43.5 Å². The van der Waals surface area contributed by atoms with Gasteiger partial charge in [0.25, 0.3) is 0 Å². The summed E-state index contributed by atoms with van der Waals surface area (Å²) in [4.78, 5) is 11.9. The molecule has 2 aromatic rings. The lowest BCUT2D eigenvalue weighted by Gasteiger charge is -2.30. The molecule has 0 amide bonds. The van der Waals surface area contributed by atoms with Crippen molar-refractivity contribution in [3.8, 4) is 0 Å². The molecule has 5 nitrogen and oxygen atoms in total. The molecule has 1 fully saturated rings. The predicted octanol–water partition coefficient (Wildman–Crippen LogP) is 4.16. The maximum Gasteiger partial charge on any atom is 0.416 e. The number of piperidine rings is 1. The Morgan fingerprint density at radius 1 is 1.10 bits per heavy atom. The van der Waals surface area contributed by atoms with E-state index in [4.69, 9.17) is 4.74 Å². The fourth-order valence-electron chi connectivity index (χ4n) is 3.27. The molecule has 0 saturated carbocycles. The van der Waals surface area contributed by atoms with Gasteiger partial charge >= 0.3 is 12.1 Å². The SMILES string of the molecule is Cc1ccc(COC(=O)C2CCN(S(=O)(=O)c3cccc(C(F)(F)F)c3)CC2)cc1. The molecular weight excluding hydrogens is 419 g/mol. The number of nitrogens with zero attached hydrogens (tertiary/aromatic N) is 1. The number of hydrogen-bond donors (Lipinski definition) is 0. The van der Waals surface area contributed by atoms with Crippen molar-refractivity contribution in [3.05, 3.63) is 65.2 Å². The molecule has 9 heteroatoms. The number of rotatable bonds is 5. The highest BCUT2D eigenvalue weighted by Crippen LogP contribution is 2.32. The quantitative estimate of drug-likeness (QED) is 0.654. The summed E-state index contributed by atoms with van der Waals surface area (Å²) in [7, 11) is -4.07. The first-order valence-electron chi connectivity index (χ1n) is 9.47. The fraction of sp³-hybridized carbons (Fsp3) is 0.381. The molecule has 1 aliphatic rings. The lowest BCUT2D eigenvalue weighted by molar-refractivity contribution is -0.151. The van der Waals surface area contributed by atoms with Crippen LogP contribution in [0.25, 0.3) is 0 Å². The van der Waals surface area contributed by atoms with Gasteiger partial charge in [-0.3, -0.25) is 4.79 Å². The van der Waals surface area contributed by atoms with E-state index in [9.17, 15) is 26.4 Å². The molecular formula is C21H22F3NO4S. The number of benzene rings is 2. The third kappa shape index (κ3) is 5.20. The van der Waals surface area contributed by atoms with Gasteiger partial charge in [-0.25, -0.2) is 8.42 Å². The number of ether oxygens (including phenoxy) is 1. The number of halogens is 3. The van der Waals surface area contributed by atoms with Crippen LogP contribution in [0.5, 0.6) is 0 Å². The molecule has 0 spiro atoms. The second-order valence-electron chi connectivity index (χ2n) is 7.30. The standard InChI is InChI=1S/C21H22F3NO4S/c1-15-5-7-16(8-6-15)14-29-20(26)17-9-11-25(12-10-17)30(27,28)19-4-2-3-18(13-19)21(22,23)24/h2-8,13,17H,9-12,14H2,1H3. The van der Waals surface area contributed by atoms with E-state index in [1.807, 2.05) is 31.2 Å². The second kappa shape index (κ2) is 8.77. The highest BCUT2D eigenvalue weighted by Gasteiger charge is 2.35. The van der Waals surface area contributed by atoms with Gasteiger partial charge in [-0.15, -0.1) is 0 Å². The van der Waals surface area contributed by atoms with E-state index in [0.717, 1.165) is 33.6 Å². The maximum absolute atomic E-state index is 12.9. The number of hydrogen-bond acceptors (Lipinski definition) is 4. The second-order valence-corrected chi connectivity index (χ2v) is 9.24. The van der Waals surface area contributed by atoms with Gasteiger partial charge in [0.05, 0.1) is 16.4 Å². The largest absolute Gasteiger partial charge is 0.461 e. The molecule has 0 radical (unpaired) electrons. The van der Waals surface area contributed by atoms with Gasteiger partial charge in [0.15, 0.2) is 0 Å². The van der Waals surface area contributed by atoms with E-state index < -0.39 is 38.5 Å². The molecule has 1 saturated heterocycles. The van der Waals surface area contributed by atoms with Crippen LogP contribution in [0.15, 0.2) is 53.4 Å². The van der Waals surface area contributed by atoms with Crippen LogP contribution in [0, 0.1) is 12.8 Å². The first-order chi connectivity index (χ1) is 14.1. The average molecular weight is 441 g/mol. The highest BCUT2D eigenvalue weighted by atomic mass is 32.2. The third-order valence-corrected chi connectivity index (χ3v) is 6.98. The van der Waals surface area contributed by atoms with Crippen molar-refractivity contribution in [1.82, 2.24) is 4.31 Å². The lowest BCUT2D eigenvalue weighted by atomic mass is 9.98. The highest BCUT2D eigenvalue weighted by molar-refractivity contribution is 7.89. The zero-order valence-electron chi connectivity index (χ0n) is 16.4. The van der Waals surface area contributed by atoms with Crippen molar-refractivity contribution in [3.63, 3.8) is 0 Å². The Kier molecular flexibility index (Phi) is 6.52. The Balaban J connectivity index is 1.59. The molecule has 1 aliphatic heterocycles. The van der Waals surface area contributed by atoms with Gasteiger partial charge in [0.1, 0.15) is 6.61 Å². The van der Waals surface area contributed by atoms with Crippen molar-refractivity contribution in [1.29, 1.82) is 0 Å². The molecule has 2 aromatic carbocycles. The van der Waals surface area contributed by atoms with Crippen LogP contribution < -0.4 is 0 Å². The molecule has 0 aliphatic carbocycles. The molecule has 1 heterocycles. The minimum Gasteiger partial charge on any atom is -0.461 e. The summed E-state index contributed by atoms with van der Waals surface area (Å²) in [5, 5.41) is 0. The smallest absolute Gasteiger partial charge is 0.416 e. The number of sulfonamides is 1. The summed E-state index contributed by atoms with van der Waals surface area (Å²) in [6, 6.07) is 11.3. The first-order valence-corrected chi connectivity index (χ1v) is 10.9.